The second-order valence-corrected chi connectivity index (χ2v) is 11.0. The molecule has 0 spiro atoms. The Balaban J connectivity index is 1.37. The van der Waals surface area contributed by atoms with E-state index in [-0.39, 0.29) is 23.3 Å². The molecule has 8 nitrogen and oxygen atoms in total. The number of hydrogen-bond acceptors (Lipinski definition) is 8. The summed E-state index contributed by atoms with van der Waals surface area (Å²) in [5.74, 6) is 0.670. The summed E-state index contributed by atoms with van der Waals surface area (Å²) in [5.41, 5.74) is 0.838. The molecule has 196 valence electrons. The maximum absolute atomic E-state index is 16.4. The van der Waals surface area contributed by atoms with Crippen LogP contribution in [0.4, 0.5) is 16.2 Å². The number of benzene rings is 3. The molecule has 0 saturated carbocycles. The van der Waals surface area contributed by atoms with Crippen LogP contribution < -0.4 is 15.5 Å². The van der Waals surface area contributed by atoms with Gasteiger partial charge in [0.15, 0.2) is 5.82 Å². The van der Waals surface area contributed by atoms with Crippen LogP contribution >= 0.6 is 0 Å². The molecule has 3 fully saturated rings. The van der Waals surface area contributed by atoms with E-state index in [0.29, 0.717) is 60.1 Å². The molecule has 3 aliphatic rings. The van der Waals surface area contributed by atoms with Crippen molar-refractivity contribution in [3.63, 3.8) is 0 Å². The van der Waals surface area contributed by atoms with Gasteiger partial charge in [-0.3, -0.25) is 0 Å². The van der Waals surface area contributed by atoms with Crippen LogP contribution in [0.15, 0.2) is 48.5 Å². The summed E-state index contributed by atoms with van der Waals surface area (Å²) in [6, 6.07) is 15.4. The summed E-state index contributed by atoms with van der Waals surface area (Å²) in [5, 5.41) is 29.5. The van der Waals surface area contributed by atoms with Crippen LogP contribution in [0.5, 0.6) is 5.75 Å². The Labute approximate surface area is 219 Å². The molecule has 3 aliphatic heterocycles. The van der Waals surface area contributed by atoms with Crippen molar-refractivity contribution in [2.45, 2.75) is 24.9 Å². The van der Waals surface area contributed by atoms with Crippen molar-refractivity contribution in [3.05, 3.63) is 54.3 Å². The molecule has 0 amide bonds. The Morgan fingerprint density at radius 3 is 2.55 bits per heavy atom. The van der Waals surface area contributed by atoms with Gasteiger partial charge in [0.2, 0.25) is 5.95 Å². The maximum Gasteiger partial charge on any atom is 0.225 e. The topological polar surface area (TPSA) is 103 Å². The predicted octanol–water partition coefficient (Wildman–Crippen LogP) is 3.66. The average molecular weight is 516 g/mol. The molecular weight excluding hydrogens is 485 g/mol. The quantitative estimate of drug-likeness (QED) is 0.309. The number of aliphatic hydroxyl groups is 1. The highest BCUT2D eigenvalue weighted by Crippen LogP contribution is 2.39. The summed E-state index contributed by atoms with van der Waals surface area (Å²) >= 11 is 0. The van der Waals surface area contributed by atoms with Gasteiger partial charge in [0.25, 0.3) is 0 Å². The normalized spacial score (nSPS) is 22.1. The standard InChI is InChI=1S/C29H30FN5O3/c30-25-22(24-10-20(37)9-17-3-1-2-4-21(17)24)7-8-23-26(25)33-28(31-13-29(14-36)15-38-16-29)34-27(23)35-11-18-5-6-19(12-35)32-18/h1-4,7-10,18-19,32,36-37H,5-6,11-16H2,(H,31,33,34)/t18-,19+. The zero-order valence-corrected chi connectivity index (χ0v) is 21.0. The smallest absolute Gasteiger partial charge is 0.225 e. The summed E-state index contributed by atoms with van der Waals surface area (Å²) < 4.78 is 21.8. The minimum atomic E-state index is -0.452. The van der Waals surface area contributed by atoms with Crippen molar-refractivity contribution in [2.24, 2.45) is 5.41 Å². The first-order chi connectivity index (χ1) is 18.5. The predicted molar refractivity (Wildman–Crippen MR) is 145 cm³/mol. The molecule has 4 heterocycles. The molecule has 2 bridgehead atoms. The van der Waals surface area contributed by atoms with Crippen LogP contribution in [0.25, 0.3) is 32.8 Å². The molecule has 4 aromatic rings. The summed E-state index contributed by atoms with van der Waals surface area (Å²) in [6.07, 6.45) is 2.24. The number of nitrogens with one attached hydrogen (secondary N) is 2. The van der Waals surface area contributed by atoms with Crippen LogP contribution in [-0.4, -0.2) is 71.7 Å². The molecule has 9 heteroatoms. The fraction of sp³-hybridized carbons (Fsp3) is 0.379. The lowest BCUT2D eigenvalue weighted by molar-refractivity contribution is -0.128. The lowest BCUT2D eigenvalue weighted by atomic mass is 9.87. The lowest BCUT2D eigenvalue weighted by Crippen LogP contribution is -2.51. The van der Waals surface area contributed by atoms with Gasteiger partial charge in [0, 0.05) is 42.7 Å². The fourth-order valence-electron chi connectivity index (χ4n) is 6.07. The molecule has 0 aliphatic carbocycles. The Morgan fingerprint density at radius 2 is 1.82 bits per heavy atom. The number of ether oxygens (including phenoxy) is 1. The number of fused-ring (bicyclic) bond motifs is 4. The van der Waals surface area contributed by atoms with Gasteiger partial charge in [-0.2, -0.15) is 4.98 Å². The average Bonchev–Trinajstić information content (AvgIpc) is 3.25. The van der Waals surface area contributed by atoms with Gasteiger partial charge in [-0.05, 0) is 47.4 Å². The largest absolute Gasteiger partial charge is 0.508 e. The highest BCUT2D eigenvalue weighted by atomic mass is 19.1. The van der Waals surface area contributed by atoms with Crippen molar-refractivity contribution in [3.8, 4) is 16.9 Å². The Bertz CT molecular complexity index is 1520. The number of phenols is 1. The first kappa shape index (κ1) is 23.6. The van der Waals surface area contributed by atoms with Crippen molar-refractivity contribution >= 4 is 33.4 Å². The number of rotatable bonds is 6. The summed E-state index contributed by atoms with van der Waals surface area (Å²) in [4.78, 5) is 11.8. The molecule has 4 N–H and O–H groups in total. The maximum atomic E-state index is 16.4. The van der Waals surface area contributed by atoms with Crippen molar-refractivity contribution in [1.82, 2.24) is 15.3 Å². The number of phenolic OH excluding ortho intramolecular Hbond substituents is 1. The second-order valence-electron chi connectivity index (χ2n) is 11.0. The molecular formula is C29H30FN5O3. The minimum absolute atomic E-state index is 0.00925. The van der Waals surface area contributed by atoms with E-state index in [1.54, 1.807) is 18.2 Å². The van der Waals surface area contributed by atoms with E-state index in [0.717, 1.165) is 36.7 Å². The third-order valence-electron chi connectivity index (χ3n) is 8.21. The highest BCUT2D eigenvalue weighted by Gasteiger charge is 2.38. The van der Waals surface area contributed by atoms with Crippen LogP contribution in [0, 0.1) is 11.2 Å². The van der Waals surface area contributed by atoms with Crippen LogP contribution in [-0.2, 0) is 4.74 Å². The Morgan fingerprint density at radius 1 is 1.03 bits per heavy atom. The van der Waals surface area contributed by atoms with Crippen molar-refractivity contribution < 1.29 is 19.3 Å². The first-order valence-corrected chi connectivity index (χ1v) is 13.2. The Hall–Kier alpha value is -3.53. The van der Waals surface area contributed by atoms with Gasteiger partial charge < -0.3 is 30.5 Å². The van der Waals surface area contributed by atoms with Gasteiger partial charge in [0.05, 0.1) is 25.2 Å². The van der Waals surface area contributed by atoms with Crippen LogP contribution in [0.3, 0.4) is 0 Å². The molecule has 2 atom stereocenters. The van der Waals surface area contributed by atoms with Gasteiger partial charge in [-0.15, -0.1) is 0 Å². The molecule has 3 saturated heterocycles. The van der Waals surface area contributed by atoms with E-state index in [1.165, 1.54) is 0 Å². The van der Waals surface area contributed by atoms with Gasteiger partial charge >= 0.3 is 0 Å². The van der Waals surface area contributed by atoms with E-state index < -0.39 is 5.82 Å². The molecule has 0 unspecified atom stereocenters. The number of anilines is 2. The molecule has 38 heavy (non-hydrogen) atoms. The number of aromatic hydroxyl groups is 1. The Kier molecular flexibility index (Phi) is 5.61. The van der Waals surface area contributed by atoms with Crippen LogP contribution in [0.2, 0.25) is 0 Å². The molecule has 3 aromatic carbocycles. The summed E-state index contributed by atoms with van der Waals surface area (Å²) in [7, 11) is 0. The SMILES string of the molecule is OCC1(CNc2nc(N3C[C@H]4CC[C@@H](C3)N4)c3ccc(-c4cc(O)cc5ccccc45)c(F)c3n2)COC1. The monoisotopic (exact) mass is 515 g/mol. The zero-order valence-electron chi connectivity index (χ0n) is 21.0. The number of halogens is 1. The van der Waals surface area contributed by atoms with Crippen molar-refractivity contribution in [2.75, 3.05) is 49.7 Å². The van der Waals surface area contributed by atoms with Crippen molar-refractivity contribution in [1.29, 1.82) is 0 Å². The lowest BCUT2D eigenvalue weighted by Gasteiger charge is -2.40. The van der Waals surface area contributed by atoms with Gasteiger partial charge in [0.1, 0.15) is 17.1 Å². The summed E-state index contributed by atoms with van der Waals surface area (Å²) in [6.45, 7) is 2.95. The molecule has 0 radical (unpaired) electrons. The van der Waals surface area contributed by atoms with E-state index in [1.807, 2.05) is 30.3 Å². The third-order valence-corrected chi connectivity index (χ3v) is 8.21. The molecule has 7 rings (SSSR count). The second kappa shape index (κ2) is 9.04. The minimum Gasteiger partial charge on any atom is -0.508 e. The van der Waals surface area contributed by atoms with E-state index in [2.05, 4.69) is 20.5 Å². The number of aliphatic hydroxyl groups excluding tert-OH is 1. The van der Waals surface area contributed by atoms with Crippen LogP contribution in [0.1, 0.15) is 12.8 Å². The fourth-order valence-corrected chi connectivity index (χ4v) is 6.07. The first-order valence-electron chi connectivity index (χ1n) is 13.2. The van der Waals surface area contributed by atoms with E-state index in [9.17, 15) is 10.2 Å². The van der Waals surface area contributed by atoms with E-state index in [4.69, 9.17) is 9.72 Å². The number of piperazine rings is 1. The number of aromatic nitrogens is 2. The molecule has 1 aromatic heterocycles. The van der Waals surface area contributed by atoms with E-state index >= 15 is 4.39 Å². The van der Waals surface area contributed by atoms with Gasteiger partial charge in [-0.25, -0.2) is 9.37 Å². The third kappa shape index (κ3) is 3.93. The zero-order chi connectivity index (χ0) is 25.9. The highest BCUT2D eigenvalue weighted by molar-refractivity contribution is 6.01. The van der Waals surface area contributed by atoms with Gasteiger partial charge in [-0.1, -0.05) is 30.3 Å². The number of nitrogens with zero attached hydrogens (tertiary/aromatic N) is 3. The number of hydrogen-bond donors (Lipinski definition) is 4.